The normalized spacial score (nSPS) is 15.6. The Morgan fingerprint density at radius 2 is 2.14 bits per heavy atom. The summed E-state index contributed by atoms with van der Waals surface area (Å²) in [5.41, 5.74) is 4.88. The molecule has 1 saturated carbocycles. The first-order valence-electron chi connectivity index (χ1n) is 12.0. The van der Waals surface area contributed by atoms with E-state index in [-0.39, 0.29) is 13.3 Å². The molecule has 1 atom stereocenters. The number of aromatic nitrogens is 3. The van der Waals surface area contributed by atoms with E-state index in [0.29, 0.717) is 16.9 Å². The maximum Gasteiger partial charge on any atom is 0.168 e. The molecular formula is C28H31N7O. The minimum atomic E-state index is -1.03. The molecule has 0 aliphatic heterocycles. The van der Waals surface area contributed by atoms with Crippen LogP contribution in [0.2, 0.25) is 0 Å². The van der Waals surface area contributed by atoms with Gasteiger partial charge in [0.2, 0.25) is 0 Å². The van der Waals surface area contributed by atoms with E-state index >= 15 is 0 Å². The smallest absolute Gasteiger partial charge is 0.168 e. The third kappa shape index (κ3) is 5.50. The maximum absolute atomic E-state index is 10.9. The van der Waals surface area contributed by atoms with Gasteiger partial charge in [-0.25, -0.2) is 4.98 Å². The fraction of sp³-hybridized carbons (Fsp3) is 0.214. The number of rotatable bonds is 9. The highest BCUT2D eigenvalue weighted by atomic mass is 16.3. The number of benzene rings is 1. The Bertz CT molecular complexity index is 1360. The van der Waals surface area contributed by atoms with Crippen molar-refractivity contribution in [3.8, 4) is 5.69 Å². The Morgan fingerprint density at radius 1 is 1.25 bits per heavy atom. The van der Waals surface area contributed by atoms with Gasteiger partial charge in [0, 0.05) is 43.2 Å². The average Bonchev–Trinajstić information content (AvgIpc) is 3.68. The van der Waals surface area contributed by atoms with Crippen molar-refractivity contribution in [2.45, 2.75) is 38.0 Å². The van der Waals surface area contributed by atoms with Crippen LogP contribution >= 0.6 is 0 Å². The average molecular weight is 482 g/mol. The van der Waals surface area contributed by atoms with Crippen LogP contribution in [-0.2, 0) is 6.42 Å². The highest BCUT2D eigenvalue weighted by Gasteiger charge is 2.30. The molecule has 2 aliphatic rings. The number of allylic oxidation sites excluding steroid dienone is 6. The molecule has 5 rings (SSSR count). The summed E-state index contributed by atoms with van der Waals surface area (Å²) in [7, 11) is 0. The van der Waals surface area contributed by atoms with Crippen LogP contribution in [0.15, 0.2) is 91.1 Å². The van der Waals surface area contributed by atoms with E-state index < -0.39 is 6.23 Å². The largest absolute Gasteiger partial charge is 0.368 e. The Balaban J connectivity index is 0.00000320. The van der Waals surface area contributed by atoms with Crippen molar-refractivity contribution in [2.75, 3.05) is 5.32 Å². The van der Waals surface area contributed by atoms with Gasteiger partial charge < -0.3 is 19.9 Å². The van der Waals surface area contributed by atoms with Gasteiger partial charge in [-0.2, -0.15) is 0 Å². The van der Waals surface area contributed by atoms with Crippen LogP contribution < -0.4 is 5.32 Å². The van der Waals surface area contributed by atoms with Crippen molar-refractivity contribution < 1.29 is 6.53 Å². The van der Waals surface area contributed by atoms with Crippen molar-refractivity contribution in [1.29, 1.82) is 10.8 Å². The summed E-state index contributed by atoms with van der Waals surface area (Å²) in [5, 5.41) is 30.0. The monoisotopic (exact) mass is 481 g/mol. The molecule has 8 nitrogen and oxygen atoms in total. The number of amidine groups is 1. The van der Waals surface area contributed by atoms with Gasteiger partial charge in [-0.15, -0.1) is 0 Å². The predicted octanol–water partition coefficient (Wildman–Crippen LogP) is 5.00. The van der Waals surface area contributed by atoms with E-state index in [4.69, 9.17) is 10.8 Å². The molecular weight excluding hydrogens is 450 g/mol. The van der Waals surface area contributed by atoms with Crippen LogP contribution in [0, 0.1) is 10.8 Å². The number of pyridine rings is 1. The van der Waals surface area contributed by atoms with E-state index in [9.17, 15) is 5.11 Å². The van der Waals surface area contributed by atoms with Crippen LogP contribution in [0.25, 0.3) is 5.69 Å². The van der Waals surface area contributed by atoms with Crippen molar-refractivity contribution >= 4 is 17.9 Å². The third-order valence-corrected chi connectivity index (χ3v) is 6.21. The van der Waals surface area contributed by atoms with Crippen LogP contribution in [0.1, 0.15) is 43.9 Å². The molecule has 0 radical (unpaired) electrons. The molecule has 4 N–H and O–H groups in total. The molecule has 2 heterocycles. The van der Waals surface area contributed by atoms with E-state index in [1.54, 1.807) is 17.4 Å². The second-order valence-electron chi connectivity index (χ2n) is 8.93. The van der Waals surface area contributed by atoms with Gasteiger partial charge in [-0.1, -0.05) is 42.5 Å². The number of anilines is 1. The highest BCUT2D eigenvalue weighted by molar-refractivity contribution is 6.03. The van der Waals surface area contributed by atoms with Crippen molar-refractivity contribution in [1.82, 2.24) is 19.4 Å². The van der Waals surface area contributed by atoms with E-state index in [2.05, 4.69) is 45.7 Å². The summed E-state index contributed by atoms with van der Waals surface area (Å²) in [4.78, 5) is 10.6. The van der Waals surface area contributed by atoms with Gasteiger partial charge in [-0.05, 0) is 49.1 Å². The molecule has 3 aromatic rings. The number of hydrogen-bond acceptors (Lipinski definition) is 6. The minimum absolute atomic E-state index is 0. The van der Waals surface area contributed by atoms with Gasteiger partial charge >= 0.3 is 0 Å². The minimum Gasteiger partial charge on any atom is -0.368 e. The Morgan fingerprint density at radius 3 is 2.97 bits per heavy atom. The Kier molecular flexibility index (Phi) is 6.86. The lowest BCUT2D eigenvalue weighted by Crippen LogP contribution is -2.31. The molecule has 2 aliphatic carbocycles. The fourth-order valence-corrected chi connectivity index (χ4v) is 4.15. The summed E-state index contributed by atoms with van der Waals surface area (Å²) in [5.74, 6) is 0.285. The molecule has 1 fully saturated rings. The van der Waals surface area contributed by atoms with Crippen molar-refractivity contribution in [2.24, 2.45) is 0 Å². The first kappa shape index (κ1) is 23.4. The lowest BCUT2D eigenvalue weighted by molar-refractivity contribution is 0.203. The molecule has 1 aromatic carbocycles. The van der Waals surface area contributed by atoms with E-state index in [1.165, 1.54) is 11.9 Å². The first-order chi connectivity index (χ1) is 17.6. The maximum atomic E-state index is 10.9. The van der Waals surface area contributed by atoms with Gasteiger partial charge in [-0.3, -0.25) is 15.8 Å². The number of nitrogens with one attached hydrogen (secondary N) is 3. The summed E-state index contributed by atoms with van der Waals surface area (Å²) < 4.78 is 1.93. The quantitative estimate of drug-likeness (QED) is 0.195. The molecule has 8 heteroatoms. The topological polar surface area (TPSA) is 114 Å². The van der Waals surface area contributed by atoms with Gasteiger partial charge in [0.15, 0.2) is 6.23 Å². The van der Waals surface area contributed by atoms with E-state index in [0.717, 1.165) is 37.1 Å². The predicted molar refractivity (Wildman–Crippen MR) is 144 cm³/mol. The third-order valence-electron chi connectivity index (χ3n) is 6.21. The summed E-state index contributed by atoms with van der Waals surface area (Å²) in [6, 6.07) is 11.3. The lowest BCUT2D eigenvalue weighted by Gasteiger charge is -2.20. The first-order valence-corrected chi connectivity index (χ1v) is 12.0. The summed E-state index contributed by atoms with van der Waals surface area (Å²) in [6.07, 6.45) is 19.9. The molecule has 0 amide bonds. The number of aliphatic hydroxyl groups excluding tert-OH is 1. The van der Waals surface area contributed by atoms with E-state index in [1.807, 2.05) is 47.2 Å². The Hall–Kier alpha value is -4.30. The zero-order valence-electron chi connectivity index (χ0n) is 19.9. The second-order valence-corrected chi connectivity index (χ2v) is 8.93. The lowest BCUT2D eigenvalue weighted by atomic mass is 10.1. The highest BCUT2D eigenvalue weighted by Crippen LogP contribution is 2.28. The number of imidazole rings is 1. The van der Waals surface area contributed by atoms with Crippen molar-refractivity contribution in [3.63, 3.8) is 0 Å². The molecule has 0 bridgehead atoms. The molecule has 36 heavy (non-hydrogen) atoms. The van der Waals surface area contributed by atoms with Crippen LogP contribution in [-0.4, -0.2) is 42.8 Å². The SMILES string of the molecule is N=CN(C(=N)c1cccc(NC(O)c2cc(-n3cnc(CC4=CCC=CC=C4)c3)ccn2)c1)C1CC1.[HH]. The molecule has 1 unspecified atom stereocenters. The standard InChI is InChI=1S/C28H29N7O.H2/c29-18-35(24-10-11-24)27(30)21-8-5-9-22(15-21)33-28(36)26-16-25(12-13-31-26)34-17-23(32-19-34)14-20-6-3-1-2-4-7-20;/h1-3,5-9,12-13,15-19,24,28-30,33,36H,4,10-11,14H2;1H. The van der Waals surface area contributed by atoms with Gasteiger partial charge in [0.1, 0.15) is 5.84 Å². The fourth-order valence-electron chi connectivity index (χ4n) is 4.15. The van der Waals surface area contributed by atoms with Gasteiger partial charge in [0.05, 0.1) is 24.1 Å². The summed E-state index contributed by atoms with van der Waals surface area (Å²) in [6.45, 7) is 0. The van der Waals surface area contributed by atoms with Crippen LogP contribution in [0.5, 0.6) is 0 Å². The molecule has 0 spiro atoms. The zero-order chi connectivity index (χ0) is 24.9. The molecule has 184 valence electrons. The number of nitrogens with zero attached hydrogens (tertiary/aromatic N) is 4. The molecule has 2 aromatic heterocycles. The van der Waals surface area contributed by atoms with Crippen LogP contribution in [0.4, 0.5) is 5.69 Å². The molecule has 0 saturated heterocycles. The van der Waals surface area contributed by atoms with Crippen molar-refractivity contribution in [3.05, 3.63) is 108 Å². The van der Waals surface area contributed by atoms with Gasteiger partial charge in [0.25, 0.3) is 0 Å². The zero-order valence-corrected chi connectivity index (χ0v) is 19.9. The number of hydrogen-bond donors (Lipinski definition) is 4. The second kappa shape index (κ2) is 10.5. The Labute approximate surface area is 211 Å². The van der Waals surface area contributed by atoms with Crippen LogP contribution in [0.3, 0.4) is 0 Å². The summed E-state index contributed by atoms with van der Waals surface area (Å²) >= 11 is 0. The number of aliphatic hydroxyl groups is 1.